The molecule has 1 aliphatic heterocycles. The third-order valence-corrected chi connectivity index (χ3v) is 6.52. The summed E-state index contributed by atoms with van der Waals surface area (Å²) in [7, 11) is 0. The van der Waals surface area contributed by atoms with Gasteiger partial charge >= 0.3 is 0 Å². The summed E-state index contributed by atoms with van der Waals surface area (Å²) in [5.74, 6) is 0. The van der Waals surface area contributed by atoms with Crippen LogP contribution in [0.5, 0.6) is 0 Å². The molecule has 0 N–H and O–H groups in total. The number of nitrogens with zero attached hydrogens (tertiary/aromatic N) is 4. The van der Waals surface area contributed by atoms with Crippen molar-refractivity contribution in [1.29, 1.82) is 0 Å². The first-order valence-electron chi connectivity index (χ1n) is 10.2. The Morgan fingerprint density at radius 1 is 1.27 bits per heavy atom. The zero-order valence-corrected chi connectivity index (χ0v) is 18.3. The van der Waals surface area contributed by atoms with Crippen molar-refractivity contribution in [1.82, 2.24) is 14.9 Å². The molecule has 0 amide bonds. The molecule has 3 heterocycles. The fourth-order valence-corrected chi connectivity index (χ4v) is 4.70. The molecular formula is C22H26N4O3S. The van der Waals surface area contributed by atoms with Gasteiger partial charge in [0.15, 0.2) is 0 Å². The minimum atomic E-state index is -0.376. The second-order valence-electron chi connectivity index (χ2n) is 8.63. The van der Waals surface area contributed by atoms with E-state index in [0.717, 1.165) is 41.8 Å². The second-order valence-corrected chi connectivity index (χ2v) is 9.61. The SMILES string of the molecule is CC(C)(C)N1CCC(OCc2cnc3sc(-c4ccccc4[N+](=O)[O-])nc3c2)CC1. The molecule has 1 aromatic carbocycles. The molecule has 0 aliphatic carbocycles. The number of nitro benzene ring substituents is 1. The van der Waals surface area contributed by atoms with E-state index in [4.69, 9.17) is 4.74 Å². The number of ether oxygens (including phenoxy) is 1. The third kappa shape index (κ3) is 4.50. The number of thiazole rings is 1. The van der Waals surface area contributed by atoms with Gasteiger partial charge in [0.2, 0.25) is 0 Å². The van der Waals surface area contributed by atoms with E-state index in [-0.39, 0.29) is 22.3 Å². The summed E-state index contributed by atoms with van der Waals surface area (Å²) >= 11 is 1.37. The Hall–Kier alpha value is -2.42. The van der Waals surface area contributed by atoms with Gasteiger partial charge < -0.3 is 4.74 Å². The Kier molecular flexibility index (Phi) is 5.81. The number of pyridine rings is 1. The topological polar surface area (TPSA) is 81.4 Å². The van der Waals surface area contributed by atoms with Crippen LogP contribution in [0.3, 0.4) is 0 Å². The van der Waals surface area contributed by atoms with E-state index >= 15 is 0 Å². The molecule has 1 saturated heterocycles. The van der Waals surface area contributed by atoms with E-state index < -0.39 is 0 Å². The number of rotatable bonds is 5. The molecule has 7 nitrogen and oxygen atoms in total. The lowest BCUT2D eigenvalue weighted by molar-refractivity contribution is -0.384. The number of likely N-dealkylation sites (tertiary alicyclic amines) is 1. The van der Waals surface area contributed by atoms with Gasteiger partial charge in [-0.15, -0.1) is 0 Å². The summed E-state index contributed by atoms with van der Waals surface area (Å²) in [6.07, 6.45) is 4.14. The highest BCUT2D eigenvalue weighted by Crippen LogP contribution is 2.35. The molecule has 4 rings (SSSR count). The zero-order chi connectivity index (χ0) is 21.3. The number of hydrogen-bond donors (Lipinski definition) is 0. The number of aromatic nitrogens is 2. The van der Waals surface area contributed by atoms with Crippen LogP contribution in [0, 0.1) is 10.1 Å². The number of benzene rings is 1. The Morgan fingerprint density at radius 2 is 2.00 bits per heavy atom. The van der Waals surface area contributed by atoms with Crippen molar-refractivity contribution in [2.45, 2.75) is 51.9 Å². The second kappa shape index (κ2) is 8.37. The monoisotopic (exact) mass is 426 g/mol. The van der Waals surface area contributed by atoms with Gasteiger partial charge in [0.25, 0.3) is 5.69 Å². The van der Waals surface area contributed by atoms with Crippen molar-refractivity contribution < 1.29 is 9.66 Å². The predicted octanol–water partition coefficient (Wildman–Crippen LogP) is 5.05. The third-order valence-electron chi connectivity index (χ3n) is 5.51. The van der Waals surface area contributed by atoms with Gasteiger partial charge in [-0.2, -0.15) is 0 Å². The number of piperidine rings is 1. The van der Waals surface area contributed by atoms with E-state index in [9.17, 15) is 10.1 Å². The van der Waals surface area contributed by atoms with Crippen LogP contribution < -0.4 is 0 Å². The molecule has 0 unspecified atom stereocenters. The fourth-order valence-electron chi connectivity index (χ4n) is 3.78. The smallest absolute Gasteiger partial charge is 0.279 e. The van der Waals surface area contributed by atoms with E-state index in [2.05, 4.69) is 35.6 Å². The number of hydrogen-bond acceptors (Lipinski definition) is 7. The first-order valence-corrected chi connectivity index (χ1v) is 11.0. The molecule has 0 radical (unpaired) electrons. The summed E-state index contributed by atoms with van der Waals surface area (Å²) in [5.41, 5.74) is 2.50. The molecule has 30 heavy (non-hydrogen) atoms. The number of nitro groups is 1. The highest BCUT2D eigenvalue weighted by Gasteiger charge is 2.27. The van der Waals surface area contributed by atoms with Crippen LogP contribution in [0.25, 0.3) is 20.9 Å². The Morgan fingerprint density at radius 3 is 2.70 bits per heavy atom. The molecule has 0 spiro atoms. The van der Waals surface area contributed by atoms with Crippen LogP contribution in [0.4, 0.5) is 5.69 Å². The lowest BCUT2D eigenvalue weighted by Crippen LogP contribution is -2.47. The molecule has 8 heteroatoms. The van der Waals surface area contributed by atoms with Crippen LogP contribution in [0.15, 0.2) is 36.5 Å². The summed E-state index contributed by atoms with van der Waals surface area (Å²) in [6, 6.07) is 8.64. The standard InChI is InChI=1S/C22H26N4O3S/c1-22(2,3)25-10-8-16(9-11-25)29-14-15-12-18-21(23-13-15)30-20(24-18)17-6-4-5-7-19(17)26(27)28/h4-7,12-13,16H,8-11,14H2,1-3H3. The highest BCUT2D eigenvalue weighted by atomic mass is 32.1. The molecule has 0 atom stereocenters. The predicted molar refractivity (Wildman–Crippen MR) is 119 cm³/mol. The summed E-state index contributed by atoms with van der Waals surface area (Å²) in [5, 5.41) is 11.9. The van der Waals surface area contributed by atoms with E-state index in [1.807, 2.05) is 12.3 Å². The molecule has 2 aromatic heterocycles. The van der Waals surface area contributed by atoms with E-state index in [0.29, 0.717) is 17.2 Å². The molecule has 158 valence electrons. The average molecular weight is 427 g/mol. The Labute approximate surface area is 179 Å². The Bertz CT molecular complexity index is 1050. The zero-order valence-electron chi connectivity index (χ0n) is 17.5. The summed E-state index contributed by atoms with van der Waals surface area (Å²) in [6.45, 7) is 9.36. The molecule has 1 fully saturated rings. The van der Waals surface area contributed by atoms with Crippen molar-refractivity contribution in [3.63, 3.8) is 0 Å². The van der Waals surface area contributed by atoms with Crippen LogP contribution in [-0.4, -0.2) is 44.5 Å². The molecule has 0 bridgehead atoms. The minimum absolute atomic E-state index is 0.0571. The lowest BCUT2D eigenvalue weighted by Gasteiger charge is -2.40. The van der Waals surface area contributed by atoms with Crippen molar-refractivity contribution in [3.05, 3.63) is 52.2 Å². The summed E-state index contributed by atoms with van der Waals surface area (Å²) in [4.78, 5) is 23.3. The van der Waals surface area contributed by atoms with Gasteiger partial charge in [-0.05, 0) is 51.3 Å². The largest absolute Gasteiger partial charge is 0.373 e. The molecule has 0 saturated carbocycles. The van der Waals surface area contributed by atoms with E-state index in [1.54, 1.807) is 18.2 Å². The first kappa shape index (κ1) is 20.8. The van der Waals surface area contributed by atoms with Gasteiger partial charge in [-0.1, -0.05) is 23.5 Å². The lowest BCUT2D eigenvalue weighted by atomic mass is 9.99. The maximum Gasteiger partial charge on any atom is 0.279 e. The summed E-state index contributed by atoms with van der Waals surface area (Å²) < 4.78 is 6.14. The first-order chi connectivity index (χ1) is 14.3. The molecule has 1 aliphatic rings. The quantitative estimate of drug-likeness (QED) is 0.420. The molecule has 3 aromatic rings. The van der Waals surface area contributed by atoms with Crippen LogP contribution in [0.2, 0.25) is 0 Å². The van der Waals surface area contributed by atoms with Crippen LogP contribution in [-0.2, 0) is 11.3 Å². The van der Waals surface area contributed by atoms with Crippen molar-refractivity contribution in [3.8, 4) is 10.6 Å². The minimum Gasteiger partial charge on any atom is -0.373 e. The maximum atomic E-state index is 11.3. The average Bonchev–Trinajstić information content (AvgIpc) is 3.15. The number of fused-ring (bicyclic) bond motifs is 1. The van der Waals surface area contributed by atoms with Crippen LogP contribution >= 0.6 is 11.3 Å². The van der Waals surface area contributed by atoms with Crippen molar-refractivity contribution >= 4 is 27.4 Å². The van der Waals surface area contributed by atoms with Crippen molar-refractivity contribution in [2.75, 3.05) is 13.1 Å². The molecular weight excluding hydrogens is 400 g/mol. The normalized spacial score (nSPS) is 16.2. The van der Waals surface area contributed by atoms with Gasteiger partial charge in [0.1, 0.15) is 15.4 Å². The van der Waals surface area contributed by atoms with Gasteiger partial charge in [-0.25, -0.2) is 9.97 Å². The van der Waals surface area contributed by atoms with Gasteiger partial charge in [0, 0.05) is 30.9 Å². The van der Waals surface area contributed by atoms with Gasteiger partial charge in [-0.3, -0.25) is 15.0 Å². The number of para-hydroxylation sites is 1. The van der Waals surface area contributed by atoms with Gasteiger partial charge in [0.05, 0.1) is 23.2 Å². The Balaban J connectivity index is 1.44. The van der Waals surface area contributed by atoms with Crippen molar-refractivity contribution in [2.24, 2.45) is 0 Å². The maximum absolute atomic E-state index is 11.3. The fraction of sp³-hybridized carbons (Fsp3) is 0.455. The van der Waals surface area contributed by atoms with Crippen LogP contribution in [0.1, 0.15) is 39.2 Å². The van der Waals surface area contributed by atoms with E-state index in [1.165, 1.54) is 17.4 Å². The highest BCUT2D eigenvalue weighted by molar-refractivity contribution is 7.21.